The number of fused-ring (bicyclic) bond motifs is 1. The molecule has 1 N–H and O–H groups in total. The Kier molecular flexibility index (Phi) is 1.76. The second-order valence-corrected chi connectivity index (χ2v) is 2.99. The summed E-state index contributed by atoms with van der Waals surface area (Å²) in [6, 6.07) is 2.14. The fraction of sp³-hybridized carbons (Fsp3) is 0.222. The van der Waals surface area contributed by atoms with Gasteiger partial charge in [-0.2, -0.15) is 0 Å². The van der Waals surface area contributed by atoms with E-state index in [2.05, 4.69) is 5.32 Å². The Morgan fingerprint density at radius 3 is 2.69 bits per heavy atom. The Balaban J connectivity index is 2.49. The van der Waals surface area contributed by atoms with Crippen molar-refractivity contribution in [3.63, 3.8) is 0 Å². The number of nitrogens with one attached hydrogen (secondary N) is 1. The number of ketones is 1. The van der Waals surface area contributed by atoms with Gasteiger partial charge in [-0.05, 0) is 11.6 Å². The summed E-state index contributed by atoms with van der Waals surface area (Å²) >= 11 is 0. The van der Waals surface area contributed by atoms with Crippen molar-refractivity contribution in [1.29, 1.82) is 0 Å². The highest BCUT2D eigenvalue weighted by Gasteiger charge is 2.17. The molecule has 0 saturated carbocycles. The van der Waals surface area contributed by atoms with E-state index in [4.69, 9.17) is 0 Å². The minimum absolute atomic E-state index is 0.0153. The standard InChI is InChI=1S/C9H7F2NO/c10-7-2-5-1-6(13)4-12-9(5)3-8(7)11/h2-3,12H,1,4H2. The number of carbonyl (C=O) groups is 1. The lowest BCUT2D eigenvalue weighted by Gasteiger charge is -2.16. The van der Waals surface area contributed by atoms with Gasteiger partial charge in [0.15, 0.2) is 17.4 Å². The van der Waals surface area contributed by atoms with Crippen molar-refractivity contribution < 1.29 is 13.6 Å². The van der Waals surface area contributed by atoms with Crippen LogP contribution in [0.25, 0.3) is 0 Å². The zero-order valence-corrected chi connectivity index (χ0v) is 6.73. The van der Waals surface area contributed by atoms with E-state index < -0.39 is 11.6 Å². The maximum absolute atomic E-state index is 12.7. The second kappa shape index (κ2) is 2.80. The van der Waals surface area contributed by atoms with Crippen molar-refractivity contribution in [2.24, 2.45) is 0 Å². The summed E-state index contributed by atoms with van der Waals surface area (Å²) < 4.78 is 25.4. The highest BCUT2D eigenvalue weighted by Crippen LogP contribution is 2.23. The first-order chi connectivity index (χ1) is 6.16. The lowest BCUT2D eigenvalue weighted by Crippen LogP contribution is -2.22. The number of carbonyl (C=O) groups excluding carboxylic acids is 1. The second-order valence-electron chi connectivity index (χ2n) is 2.99. The van der Waals surface area contributed by atoms with E-state index in [1.165, 1.54) is 0 Å². The molecule has 0 aromatic heterocycles. The van der Waals surface area contributed by atoms with Crippen molar-refractivity contribution in [2.45, 2.75) is 6.42 Å². The van der Waals surface area contributed by atoms with Crippen LogP contribution in [0.1, 0.15) is 5.56 Å². The molecule has 1 heterocycles. The van der Waals surface area contributed by atoms with Crippen LogP contribution in [0, 0.1) is 11.6 Å². The topological polar surface area (TPSA) is 29.1 Å². The van der Waals surface area contributed by atoms with Crippen molar-refractivity contribution in [3.05, 3.63) is 29.3 Å². The molecule has 0 saturated heterocycles. The highest BCUT2D eigenvalue weighted by atomic mass is 19.2. The molecule has 0 aliphatic carbocycles. The van der Waals surface area contributed by atoms with Gasteiger partial charge in [0.25, 0.3) is 0 Å². The average molecular weight is 183 g/mol. The van der Waals surface area contributed by atoms with Crippen LogP contribution in [0.4, 0.5) is 14.5 Å². The van der Waals surface area contributed by atoms with E-state index in [9.17, 15) is 13.6 Å². The Morgan fingerprint density at radius 2 is 1.92 bits per heavy atom. The van der Waals surface area contributed by atoms with Crippen molar-refractivity contribution >= 4 is 11.5 Å². The summed E-state index contributed by atoms with van der Waals surface area (Å²) in [6.07, 6.45) is 0.180. The molecule has 68 valence electrons. The van der Waals surface area contributed by atoms with Crippen molar-refractivity contribution in [3.8, 4) is 0 Å². The van der Waals surface area contributed by atoms with Gasteiger partial charge in [0.2, 0.25) is 0 Å². The quantitative estimate of drug-likeness (QED) is 0.660. The molecule has 0 spiro atoms. The first kappa shape index (κ1) is 8.16. The van der Waals surface area contributed by atoms with E-state index in [1.807, 2.05) is 0 Å². The summed E-state index contributed by atoms with van der Waals surface area (Å²) in [5.41, 5.74) is 1.04. The number of hydrogen-bond donors (Lipinski definition) is 1. The van der Waals surface area contributed by atoms with Gasteiger partial charge in [-0.3, -0.25) is 4.79 Å². The average Bonchev–Trinajstić information content (AvgIpc) is 2.08. The van der Waals surface area contributed by atoms with Crippen LogP contribution >= 0.6 is 0 Å². The molecule has 1 aliphatic rings. The number of hydrogen-bond acceptors (Lipinski definition) is 2. The predicted molar refractivity (Wildman–Crippen MR) is 43.6 cm³/mol. The van der Waals surface area contributed by atoms with E-state index >= 15 is 0 Å². The summed E-state index contributed by atoms with van der Waals surface area (Å²) in [5.74, 6) is -1.81. The van der Waals surface area contributed by atoms with Gasteiger partial charge < -0.3 is 5.32 Å². The fourth-order valence-corrected chi connectivity index (χ4v) is 1.37. The van der Waals surface area contributed by atoms with Crippen molar-refractivity contribution in [1.82, 2.24) is 0 Å². The van der Waals surface area contributed by atoms with E-state index in [-0.39, 0.29) is 18.7 Å². The summed E-state index contributed by atoms with van der Waals surface area (Å²) in [4.78, 5) is 10.9. The largest absolute Gasteiger partial charge is 0.378 e. The molecule has 13 heavy (non-hydrogen) atoms. The zero-order chi connectivity index (χ0) is 9.42. The van der Waals surface area contributed by atoms with E-state index in [0.29, 0.717) is 11.3 Å². The van der Waals surface area contributed by atoms with Crippen LogP contribution in [0.2, 0.25) is 0 Å². The van der Waals surface area contributed by atoms with Crippen molar-refractivity contribution in [2.75, 3.05) is 11.9 Å². The number of rotatable bonds is 0. The number of anilines is 1. The van der Waals surface area contributed by atoms with Gasteiger partial charge in [0.05, 0.1) is 6.54 Å². The number of benzene rings is 1. The normalized spacial score (nSPS) is 15.1. The van der Waals surface area contributed by atoms with E-state index in [0.717, 1.165) is 12.1 Å². The molecule has 0 amide bonds. The molecule has 4 heteroatoms. The molecule has 0 atom stereocenters. The molecular formula is C9H7F2NO. The maximum Gasteiger partial charge on any atom is 0.160 e. The SMILES string of the molecule is O=C1CNc2cc(F)c(F)cc2C1. The monoisotopic (exact) mass is 183 g/mol. The van der Waals surface area contributed by atoms with Crippen LogP contribution in [-0.2, 0) is 11.2 Å². The molecule has 1 aliphatic heterocycles. The first-order valence-electron chi connectivity index (χ1n) is 3.90. The van der Waals surface area contributed by atoms with Gasteiger partial charge in [-0.1, -0.05) is 0 Å². The van der Waals surface area contributed by atoms with Crippen LogP contribution < -0.4 is 5.32 Å². The molecule has 1 aromatic carbocycles. The van der Waals surface area contributed by atoms with Gasteiger partial charge >= 0.3 is 0 Å². The molecule has 0 radical (unpaired) electrons. The summed E-state index contributed by atoms with van der Waals surface area (Å²) in [6.45, 7) is 0.193. The molecule has 1 aromatic rings. The van der Waals surface area contributed by atoms with Gasteiger partial charge in [0, 0.05) is 18.2 Å². The summed E-state index contributed by atoms with van der Waals surface area (Å²) in [7, 11) is 0. The maximum atomic E-state index is 12.7. The fourth-order valence-electron chi connectivity index (χ4n) is 1.37. The molecule has 0 unspecified atom stereocenters. The summed E-state index contributed by atoms with van der Waals surface area (Å²) in [5, 5.41) is 2.72. The zero-order valence-electron chi connectivity index (χ0n) is 6.73. The molecule has 0 bridgehead atoms. The highest BCUT2D eigenvalue weighted by molar-refractivity contribution is 5.89. The number of halogens is 2. The predicted octanol–water partition coefficient (Wildman–Crippen LogP) is 1.50. The molecule has 0 fully saturated rings. The van der Waals surface area contributed by atoms with Gasteiger partial charge in [-0.15, -0.1) is 0 Å². The van der Waals surface area contributed by atoms with Crippen LogP contribution in [0.15, 0.2) is 12.1 Å². The Bertz CT molecular complexity index is 376. The smallest absolute Gasteiger partial charge is 0.160 e. The third-order valence-corrected chi connectivity index (χ3v) is 2.01. The Morgan fingerprint density at radius 1 is 1.23 bits per heavy atom. The lowest BCUT2D eigenvalue weighted by atomic mass is 10.0. The van der Waals surface area contributed by atoms with Crippen LogP contribution in [0.3, 0.4) is 0 Å². The van der Waals surface area contributed by atoms with Gasteiger partial charge in [0.1, 0.15) is 0 Å². The van der Waals surface area contributed by atoms with E-state index in [1.54, 1.807) is 0 Å². The van der Waals surface area contributed by atoms with Crippen LogP contribution in [-0.4, -0.2) is 12.3 Å². The molecule has 2 nitrogen and oxygen atoms in total. The number of Topliss-reactive ketones (excluding diaryl/α,β-unsaturated/α-hetero) is 1. The molecular weight excluding hydrogens is 176 g/mol. The Hall–Kier alpha value is -1.45. The van der Waals surface area contributed by atoms with Crippen LogP contribution in [0.5, 0.6) is 0 Å². The lowest BCUT2D eigenvalue weighted by molar-refractivity contribution is -0.117. The minimum Gasteiger partial charge on any atom is -0.378 e. The van der Waals surface area contributed by atoms with Gasteiger partial charge in [-0.25, -0.2) is 8.78 Å². The Labute approximate surface area is 73.6 Å². The molecule has 2 rings (SSSR count). The third kappa shape index (κ3) is 1.39. The third-order valence-electron chi connectivity index (χ3n) is 2.01. The minimum atomic E-state index is -0.907. The first-order valence-corrected chi connectivity index (χ1v) is 3.90.